The largest absolute Gasteiger partial charge is 0.478 e. The molecule has 96 valence electrons. The fourth-order valence-electron chi connectivity index (χ4n) is 1.56. The van der Waals surface area contributed by atoms with Crippen LogP contribution in [0.5, 0.6) is 0 Å². The predicted molar refractivity (Wildman–Crippen MR) is 63.2 cm³/mol. The Morgan fingerprint density at radius 1 is 1.39 bits per heavy atom. The lowest BCUT2D eigenvalue weighted by atomic mass is 10.1. The van der Waals surface area contributed by atoms with E-state index >= 15 is 0 Å². The van der Waals surface area contributed by atoms with Crippen LogP contribution in [0.1, 0.15) is 30.1 Å². The van der Waals surface area contributed by atoms with Crippen LogP contribution < -0.4 is 10.6 Å². The van der Waals surface area contributed by atoms with Crippen LogP contribution in [0.4, 0.5) is 14.9 Å². The van der Waals surface area contributed by atoms with Crippen LogP contribution in [0, 0.1) is 5.82 Å². The van der Waals surface area contributed by atoms with Crippen molar-refractivity contribution in [1.82, 2.24) is 5.32 Å². The molecule has 1 aliphatic carbocycles. The molecule has 0 bridgehead atoms. The van der Waals surface area contributed by atoms with Gasteiger partial charge in [0.05, 0.1) is 11.3 Å². The number of halogens is 1. The van der Waals surface area contributed by atoms with Gasteiger partial charge in [0.15, 0.2) is 0 Å². The zero-order chi connectivity index (χ0) is 13.3. The van der Waals surface area contributed by atoms with Crippen molar-refractivity contribution in [2.24, 2.45) is 0 Å². The van der Waals surface area contributed by atoms with E-state index in [1.165, 1.54) is 12.1 Å². The number of rotatable bonds is 3. The van der Waals surface area contributed by atoms with Crippen LogP contribution >= 0.6 is 0 Å². The number of hydrogen-bond acceptors (Lipinski definition) is 2. The van der Waals surface area contributed by atoms with Crippen molar-refractivity contribution < 1.29 is 19.1 Å². The van der Waals surface area contributed by atoms with Gasteiger partial charge in [-0.25, -0.2) is 14.0 Å². The molecule has 0 heterocycles. The highest BCUT2D eigenvalue weighted by molar-refractivity contribution is 6.00. The molecule has 0 radical (unpaired) electrons. The third-order valence-electron chi connectivity index (χ3n) is 2.90. The van der Waals surface area contributed by atoms with E-state index in [2.05, 4.69) is 10.6 Å². The van der Waals surface area contributed by atoms with Gasteiger partial charge < -0.3 is 15.7 Å². The van der Waals surface area contributed by atoms with Crippen molar-refractivity contribution in [3.05, 3.63) is 29.6 Å². The van der Waals surface area contributed by atoms with E-state index in [1.54, 1.807) is 0 Å². The monoisotopic (exact) mass is 252 g/mol. The fraction of sp³-hybridized carbons (Fsp3) is 0.333. The Morgan fingerprint density at radius 2 is 2.06 bits per heavy atom. The molecule has 0 aromatic heterocycles. The number of benzene rings is 1. The number of hydrogen-bond donors (Lipinski definition) is 3. The Balaban J connectivity index is 2.17. The summed E-state index contributed by atoms with van der Waals surface area (Å²) in [6.45, 7) is 1.87. The molecule has 1 aromatic carbocycles. The Hall–Kier alpha value is -2.11. The first-order chi connectivity index (χ1) is 8.41. The standard InChI is InChI=1S/C12H13FN2O3/c1-12(5-6-12)15-11(18)14-9-7(10(16)17)3-2-4-8(9)13/h2-4H,5-6H2,1H3,(H,16,17)(H2,14,15,18). The van der Waals surface area contributed by atoms with E-state index in [4.69, 9.17) is 5.11 Å². The van der Waals surface area contributed by atoms with Gasteiger partial charge in [-0.05, 0) is 31.9 Å². The number of nitrogens with one attached hydrogen (secondary N) is 2. The highest BCUT2D eigenvalue weighted by Gasteiger charge is 2.38. The minimum absolute atomic E-state index is 0.251. The van der Waals surface area contributed by atoms with Gasteiger partial charge in [0.1, 0.15) is 5.82 Å². The van der Waals surface area contributed by atoms with Gasteiger partial charge in [0.25, 0.3) is 0 Å². The van der Waals surface area contributed by atoms with Gasteiger partial charge in [0, 0.05) is 5.54 Å². The Bertz CT molecular complexity index is 512. The molecule has 1 saturated carbocycles. The Labute approximate surface area is 103 Å². The van der Waals surface area contributed by atoms with Crippen molar-refractivity contribution >= 4 is 17.7 Å². The number of para-hydroxylation sites is 1. The third-order valence-corrected chi connectivity index (χ3v) is 2.90. The molecule has 2 amide bonds. The van der Waals surface area contributed by atoms with E-state index in [0.29, 0.717) is 0 Å². The lowest BCUT2D eigenvalue weighted by Gasteiger charge is -2.14. The average molecular weight is 252 g/mol. The van der Waals surface area contributed by atoms with E-state index in [-0.39, 0.29) is 16.8 Å². The summed E-state index contributed by atoms with van der Waals surface area (Å²) in [5, 5.41) is 13.8. The number of anilines is 1. The maximum absolute atomic E-state index is 13.5. The molecule has 5 nitrogen and oxygen atoms in total. The summed E-state index contributed by atoms with van der Waals surface area (Å²) in [5.41, 5.74) is -0.837. The predicted octanol–water partition coefficient (Wildman–Crippen LogP) is 2.20. The zero-order valence-corrected chi connectivity index (χ0v) is 9.79. The first-order valence-corrected chi connectivity index (χ1v) is 5.52. The smallest absolute Gasteiger partial charge is 0.337 e. The van der Waals surface area contributed by atoms with Gasteiger partial charge in [-0.1, -0.05) is 6.07 Å². The molecule has 0 spiro atoms. The molecule has 0 unspecified atom stereocenters. The molecule has 0 atom stereocenters. The summed E-state index contributed by atoms with van der Waals surface area (Å²) in [6.07, 6.45) is 1.73. The van der Waals surface area contributed by atoms with Gasteiger partial charge in [-0.3, -0.25) is 0 Å². The number of carboxylic acids is 1. The van der Waals surface area contributed by atoms with Gasteiger partial charge in [-0.2, -0.15) is 0 Å². The minimum atomic E-state index is -1.29. The maximum atomic E-state index is 13.5. The topological polar surface area (TPSA) is 78.4 Å². The Kier molecular flexibility index (Phi) is 2.94. The molecule has 6 heteroatoms. The SMILES string of the molecule is CC1(NC(=O)Nc2c(F)cccc2C(=O)O)CC1. The van der Waals surface area contributed by atoms with Crippen LogP contribution in [0.3, 0.4) is 0 Å². The molecular formula is C12H13FN2O3. The van der Waals surface area contributed by atoms with Crippen LogP contribution in [0.15, 0.2) is 18.2 Å². The van der Waals surface area contributed by atoms with Gasteiger partial charge in [-0.15, -0.1) is 0 Å². The summed E-state index contributed by atoms with van der Waals surface area (Å²) >= 11 is 0. The number of urea groups is 1. The summed E-state index contributed by atoms with van der Waals surface area (Å²) in [7, 11) is 0. The van der Waals surface area contributed by atoms with Crippen LogP contribution in [-0.2, 0) is 0 Å². The number of carbonyl (C=O) groups excluding carboxylic acids is 1. The minimum Gasteiger partial charge on any atom is -0.478 e. The van der Waals surface area contributed by atoms with E-state index in [9.17, 15) is 14.0 Å². The number of carboxylic acid groups (broad SMARTS) is 1. The molecule has 0 saturated heterocycles. The molecule has 2 rings (SSSR count). The van der Waals surface area contributed by atoms with Crippen molar-refractivity contribution in [3.63, 3.8) is 0 Å². The first kappa shape index (κ1) is 12.3. The van der Waals surface area contributed by atoms with Crippen molar-refractivity contribution in [2.45, 2.75) is 25.3 Å². The van der Waals surface area contributed by atoms with Crippen molar-refractivity contribution in [1.29, 1.82) is 0 Å². The fourth-order valence-corrected chi connectivity index (χ4v) is 1.56. The number of aromatic carboxylic acids is 1. The van der Waals surface area contributed by atoms with Gasteiger partial charge >= 0.3 is 12.0 Å². The van der Waals surface area contributed by atoms with Gasteiger partial charge in [0.2, 0.25) is 0 Å². The van der Waals surface area contributed by atoms with Crippen molar-refractivity contribution in [3.8, 4) is 0 Å². The summed E-state index contributed by atoms with van der Waals surface area (Å²) < 4.78 is 13.5. The molecule has 1 aliphatic rings. The molecule has 18 heavy (non-hydrogen) atoms. The van der Waals surface area contributed by atoms with E-state index in [0.717, 1.165) is 18.9 Å². The van der Waals surface area contributed by atoms with Crippen LogP contribution in [-0.4, -0.2) is 22.6 Å². The molecule has 1 fully saturated rings. The summed E-state index contributed by atoms with van der Waals surface area (Å²) in [5.74, 6) is -2.06. The van der Waals surface area contributed by atoms with Crippen molar-refractivity contribution in [2.75, 3.05) is 5.32 Å². The normalized spacial score (nSPS) is 15.9. The number of carbonyl (C=O) groups is 2. The van der Waals surface area contributed by atoms with E-state index in [1.807, 2.05) is 6.92 Å². The molecule has 0 aliphatic heterocycles. The highest BCUT2D eigenvalue weighted by Crippen LogP contribution is 2.34. The second-order valence-electron chi connectivity index (χ2n) is 4.61. The maximum Gasteiger partial charge on any atom is 0.337 e. The average Bonchev–Trinajstić information content (AvgIpc) is 2.98. The van der Waals surface area contributed by atoms with E-state index < -0.39 is 17.8 Å². The molecular weight excluding hydrogens is 239 g/mol. The second kappa shape index (κ2) is 4.29. The van der Waals surface area contributed by atoms with Crippen LogP contribution in [0.2, 0.25) is 0 Å². The van der Waals surface area contributed by atoms with Crippen LogP contribution in [0.25, 0.3) is 0 Å². The molecule has 3 N–H and O–H groups in total. The Morgan fingerprint density at radius 3 is 2.61 bits per heavy atom. The second-order valence-corrected chi connectivity index (χ2v) is 4.61. The number of amides is 2. The quantitative estimate of drug-likeness (QED) is 0.771. The third kappa shape index (κ3) is 2.58. The zero-order valence-electron chi connectivity index (χ0n) is 9.79. The summed E-state index contributed by atoms with van der Waals surface area (Å²) in [6, 6.07) is 3.02. The lowest BCUT2D eigenvalue weighted by molar-refractivity contribution is 0.0697. The molecule has 1 aromatic rings. The first-order valence-electron chi connectivity index (χ1n) is 5.52. The lowest BCUT2D eigenvalue weighted by Crippen LogP contribution is -2.38. The highest BCUT2D eigenvalue weighted by atomic mass is 19.1. The summed E-state index contributed by atoms with van der Waals surface area (Å²) in [4.78, 5) is 22.5.